The first-order chi connectivity index (χ1) is 16.0. The van der Waals surface area contributed by atoms with Gasteiger partial charge in [0.15, 0.2) is 0 Å². The van der Waals surface area contributed by atoms with Crippen LogP contribution in [0.4, 0.5) is 15.0 Å². The number of benzene rings is 2. The van der Waals surface area contributed by atoms with Crippen molar-refractivity contribution in [3.8, 4) is 5.69 Å². The Morgan fingerprint density at radius 3 is 2.70 bits per heavy atom. The summed E-state index contributed by atoms with van der Waals surface area (Å²) >= 11 is 0. The lowest BCUT2D eigenvalue weighted by atomic mass is 9.94. The molecule has 2 unspecified atom stereocenters. The summed E-state index contributed by atoms with van der Waals surface area (Å²) in [5.41, 5.74) is 1.68. The van der Waals surface area contributed by atoms with Gasteiger partial charge in [0.1, 0.15) is 11.6 Å². The molecular formula is C24H28FN5O3. The fourth-order valence-corrected chi connectivity index (χ4v) is 4.26. The van der Waals surface area contributed by atoms with Gasteiger partial charge in [-0.05, 0) is 36.8 Å². The van der Waals surface area contributed by atoms with Crippen molar-refractivity contribution in [3.63, 3.8) is 0 Å². The summed E-state index contributed by atoms with van der Waals surface area (Å²) in [6.45, 7) is 4.23. The highest BCUT2D eigenvalue weighted by Crippen LogP contribution is 2.28. The number of carbonyl (C=O) groups excluding carboxylic acids is 1. The van der Waals surface area contributed by atoms with Crippen molar-refractivity contribution in [3.05, 3.63) is 81.9 Å². The van der Waals surface area contributed by atoms with Gasteiger partial charge in [-0.15, -0.1) is 0 Å². The number of carbonyl (C=O) groups is 1. The second-order valence-electron chi connectivity index (χ2n) is 8.20. The first-order valence-electron chi connectivity index (χ1n) is 10.9. The molecule has 3 aromatic rings. The van der Waals surface area contributed by atoms with Crippen molar-refractivity contribution in [1.82, 2.24) is 20.0 Å². The molecule has 2 amide bonds. The zero-order chi connectivity index (χ0) is 23.4. The molecule has 0 saturated carbocycles. The Hall–Kier alpha value is -3.43. The second-order valence-corrected chi connectivity index (χ2v) is 8.20. The maximum Gasteiger partial charge on any atom is 0.320 e. The van der Waals surface area contributed by atoms with Crippen LogP contribution in [0.2, 0.25) is 0 Å². The monoisotopic (exact) mass is 453 g/mol. The highest BCUT2D eigenvalue weighted by atomic mass is 19.1. The molecule has 2 heterocycles. The Morgan fingerprint density at radius 1 is 1.18 bits per heavy atom. The second kappa shape index (κ2) is 10.0. The lowest BCUT2D eigenvalue weighted by Gasteiger charge is -2.21. The quantitative estimate of drug-likeness (QED) is 0.513. The van der Waals surface area contributed by atoms with Gasteiger partial charge in [-0.1, -0.05) is 30.3 Å². The Bertz CT molecular complexity index is 1160. The van der Waals surface area contributed by atoms with Crippen LogP contribution in [0.5, 0.6) is 0 Å². The summed E-state index contributed by atoms with van der Waals surface area (Å²) in [7, 11) is 1.65. The summed E-state index contributed by atoms with van der Waals surface area (Å²) in [5.74, 6) is -0.00643. The minimum Gasteiger partial charge on any atom is -0.383 e. The molecule has 1 aromatic heterocycles. The van der Waals surface area contributed by atoms with Gasteiger partial charge in [-0.2, -0.15) is 0 Å². The summed E-state index contributed by atoms with van der Waals surface area (Å²) in [6, 6.07) is 15.1. The lowest BCUT2D eigenvalue weighted by molar-refractivity contribution is 0.159. The van der Waals surface area contributed by atoms with Crippen LogP contribution < -0.4 is 16.2 Å². The SMILES string of the molecule is COCCN1CC(NC(=O)Nc2c(C)c(=O)[nH]n2-c2ccccc2)C(c2cccc(F)c2)C1. The number of rotatable bonds is 7. The highest BCUT2D eigenvalue weighted by Gasteiger charge is 2.35. The molecule has 2 atom stereocenters. The van der Waals surface area contributed by atoms with E-state index in [0.717, 1.165) is 11.3 Å². The fraction of sp³-hybridized carbons (Fsp3) is 0.333. The third-order valence-corrected chi connectivity index (χ3v) is 5.98. The molecule has 1 saturated heterocycles. The zero-order valence-corrected chi connectivity index (χ0v) is 18.7. The van der Waals surface area contributed by atoms with Gasteiger partial charge in [0.25, 0.3) is 5.56 Å². The van der Waals surface area contributed by atoms with E-state index in [1.165, 1.54) is 12.1 Å². The van der Waals surface area contributed by atoms with Gasteiger partial charge in [-0.3, -0.25) is 20.1 Å². The van der Waals surface area contributed by atoms with Gasteiger partial charge < -0.3 is 10.1 Å². The van der Waals surface area contributed by atoms with Crippen LogP contribution in [-0.4, -0.2) is 60.1 Å². The molecule has 9 heteroatoms. The van der Waals surface area contributed by atoms with Crippen LogP contribution in [0.1, 0.15) is 17.0 Å². The number of halogens is 1. The normalized spacial score (nSPS) is 18.4. The van der Waals surface area contributed by atoms with E-state index >= 15 is 0 Å². The van der Waals surface area contributed by atoms with Crippen LogP contribution >= 0.6 is 0 Å². The number of hydrogen-bond acceptors (Lipinski definition) is 4. The van der Waals surface area contributed by atoms with Crippen LogP contribution in [0.15, 0.2) is 59.4 Å². The number of ether oxygens (including phenoxy) is 1. The number of H-pyrrole nitrogens is 1. The number of amides is 2. The number of hydrogen-bond donors (Lipinski definition) is 3. The van der Waals surface area contributed by atoms with Gasteiger partial charge in [-0.25, -0.2) is 13.9 Å². The maximum atomic E-state index is 13.9. The van der Waals surface area contributed by atoms with Gasteiger partial charge in [0, 0.05) is 32.7 Å². The number of anilines is 1. The van der Waals surface area contributed by atoms with E-state index in [2.05, 4.69) is 20.6 Å². The van der Waals surface area contributed by atoms with Crippen LogP contribution in [-0.2, 0) is 4.74 Å². The molecule has 0 bridgehead atoms. The van der Waals surface area contributed by atoms with Crippen molar-refractivity contribution in [2.45, 2.75) is 18.9 Å². The largest absolute Gasteiger partial charge is 0.383 e. The van der Waals surface area contributed by atoms with Crippen LogP contribution in [0.25, 0.3) is 5.69 Å². The highest BCUT2D eigenvalue weighted by molar-refractivity contribution is 5.89. The predicted octanol–water partition coefficient (Wildman–Crippen LogP) is 2.85. The van der Waals surface area contributed by atoms with Gasteiger partial charge in [0.2, 0.25) is 0 Å². The summed E-state index contributed by atoms with van der Waals surface area (Å²) in [5, 5.41) is 8.62. The minimum atomic E-state index is -0.429. The summed E-state index contributed by atoms with van der Waals surface area (Å²) in [6.07, 6.45) is 0. The number of aromatic amines is 1. The zero-order valence-electron chi connectivity index (χ0n) is 18.7. The summed E-state index contributed by atoms with van der Waals surface area (Å²) in [4.78, 5) is 27.5. The molecule has 0 spiro atoms. The average molecular weight is 454 g/mol. The van der Waals surface area contributed by atoms with E-state index in [1.54, 1.807) is 24.8 Å². The Kier molecular flexibility index (Phi) is 6.90. The van der Waals surface area contributed by atoms with E-state index < -0.39 is 6.03 Å². The molecule has 0 aliphatic carbocycles. The number of urea groups is 1. The fourth-order valence-electron chi connectivity index (χ4n) is 4.26. The van der Waals surface area contributed by atoms with E-state index in [0.29, 0.717) is 37.6 Å². The van der Waals surface area contributed by atoms with Crippen molar-refractivity contribution in [1.29, 1.82) is 0 Å². The van der Waals surface area contributed by atoms with Gasteiger partial charge >= 0.3 is 6.03 Å². The van der Waals surface area contributed by atoms with Crippen molar-refractivity contribution < 1.29 is 13.9 Å². The summed E-state index contributed by atoms with van der Waals surface area (Å²) < 4.78 is 20.6. The Balaban J connectivity index is 1.54. The molecule has 1 aliphatic rings. The Morgan fingerprint density at radius 2 is 1.97 bits per heavy atom. The first-order valence-corrected chi connectivity index (χ1v) is 10.9. The topological polar surface area (TPSA) is 91.4 Å². The number of likely N-dealkylation sites (tertiary alicyclic amines) is 1. The van der Waals surface area contributed by atoms with Crippen molar-refractivity contribution >= 4 is 11.8 Å². The third-order valence-electron chi connectivity index (χ3n) is 5.98. The maximum absolute atomic E-state index is 13.9. The third kappa shape index (κ3) is 5.15. The van der Waals surface area contributed by atoms with Crippen molar-refractivity contribution in [2.75, 3.05) is 38.7 Å². The minimum absolute atomic E-state index is 0.0769. The van der Waals surface area contributed by atoms with Crippen LogP contribution in [0, 0.1) is 12.7 Å². The number of methoxy groups -OCH3 is 1. The Labute approximate surface area is 191 Å². The van der Waals surface area contributed by atoms with Crippen LogP contribution in [0.3, 0.4) is 0 Å². The molecule has 0 radical (unpaired) electrons. The number of para-hydroxylation sites is 1. The van der Waals surface area contributed by atoms with E-state index in [4.69, 9.17) is 4.74 Å². The number of aromatic nitrogens is 2. The molecule has 4 rings (SSSR count). The number of nitrogens with one attached hydrogen (secondary N) is 3. The standard InChI is InChI=1S/C24H28FN5O3/c1-16-22(30(28-23(16)31)19-9-4-3-5-10-19)27-24(32)26-21-15-29(11-12-33-2)14-20(21)17-7-6-8-18(25)13-17/h3-10,13,20-21H,11-12,14-15H2,1-2H3,(H,28,31)(H2,26,27,32). The molecule has 33 heavy (non-hydrogen) atoms. The molecule has 3 N–H and O–H groups in total. The molecule has 2 aromatic carbocycles. The molecule has 8 nitrogen and oxygen atoms in total. The smallest absolute Gasteiger partial charge is 0.320 e. The van der Waals surface area contributed by atoms with E-state index in [-0.39, 0.29) is 23.3 Å². The lowest BCUT2D eigenvalue weighted by Crippen LogP contribution is -2.42. The first kappa shape index (κ1) is 22.8. The van der Waals surface area contributed by atoms with Gasteiger partial charge in [0.05, 0.1) is 23.9 Å². The van der Waals surface area contributed by atoms with Crippen molar-refractivity contribution in [2.24, 2.45) is 0 Å². The van der Waals surface area contributed by atoms with E-state index in [9.17, 15) is 14.0 Å². The van der Waals surface area contributed by atoms with E-state index in [1.807, 2.05) is 36.4 Å². The molecular weight excluding hydrogens is 425 g/mol. The molecule has 174 valence electrons. The molecule has 1 fully saturated rings. The predicted molar refractivity (Wildman–Crippen MR) is 125 cm³/mol. The average Bonchev–Trinajstić information content (AvgIpc) is 3.34. The molecule has 1 aliphatic heterocycles. The number of nitrogens with zero attached hydrogens (tertiary/aromatic N) is 2.